The fourth-order valence-electron chi connectivity index (χ4n) is 4.33. The number of fused-ring (bicyclic) bond motifs is 1. The molecule has 0 amide bonds. The summed E-state index contributed by atoms with van der Waals surface area (Å²) in [6.45, 7) is 6.95. The topological polar surface area (TPSA) is 24.5 Å². The standard InChI is InChI=1S/C25H29ClN2O/c1-2-28-14-6-10-22(28)16-27-17-24-23-11-4-3-8-20(23)12-13-25(24)29-18-19-7-5-9-21(26)15-19/h3-5,7-9,11-13,15,22,27H,2,6,10,14,16-18H2,1H3/t22-/m1/s1. The highest BCUT2D eigenvalue weighted by Crippen LogP contribution is 2.29. The van der Waals surface area contributed by atoms with E-state index in [1.165, 1.54) is 35.7 Å². The molecule has 0 saturated carbocycles. The first-order chi connectivity index (χ1) is 14.2. The largest absolute Gasteiger partial charge is 0.489 e. The molecule has 1 heterocycles. The third-order valence-corrected chi connectivity index (χ3v) is 6.10. The zero-order valence-electron chi connectivity index (χ0n) is 17.0. The maximum atomic E-state index is 6.24. The van der Waals surface area contributed by atoms with E-state index in [-0.39, 0.29) is 0 Å². The molecule has 29 heavy (non-hydrogen) atoms. The van der Waals surface area contributed by atoms with Crippen LogP contribution in [0.25, 0.3) is 10.8 Å². The number of likely N-dealkylation sites (N-methyl/N-ethyl adjacent to an activating group) is 1. The maximum Gasteiger partial charge on any atom is 0.124 e. The number of likely N-dealkylation sites (tertiary alicyclic amines) is 1. The number of hydrogen-bond acceptors (Lipinski definition) is 3. The quantitative estimate of drug-likeness (QED) is 0.521. The minimum Gasteiger partial charge on any atom is -0.489 e. The van der Waals surface area contributed by atoms with E-state index in [0.717, 1.165) is 36.0 Å². The molecule has 0 spiro atoms. The third kappa shape index (κ3) is 4.92. The molecule has 4 heteroatoms. The summed E-state index contributed by atoms with van der Waals surface area (Å²) in [6.07, 6.45) is 2.59. The molecule has 3 aromatic rings. The van der Waals surface area contributed by atoms with E-state index in [2.05, 4.69) is 53.5 Å². The normalized spacial score (nSPS) is 17.1. The summed E-state index contributed by atoms with van der Waals surface area (Å²) < 4.78 is 6.24. The van der Waals surface area contributed by atoms with Crippen LogP contribution in [0.4, 0.5) is 0 Å². The fraction of sp³-hybridized carbons (Fsp3) is 0.360. The Morgan fingerprint density at radius 2 is 2.00 bits per heavy atom. The van der Waals surface area contributed by atoms with Gasteiger partial charge in [-0.15, -0.1) is 0 Å². The average molecular weight is 409 g/mol. The maximum absolute atomic E-state index is 6.24. The van der Waals surface area contributed by atoms with Gasteiger partial charge in [-0.2, -0.15) is 0 Å². The Morgan fingerprint density at radius 1 is 1.10 bits per heavy atom. The van der Waals surface area contributed by atoms with E-state index in [4.69, 9.17) is 16.3 Å². The molecular formula is C25H29ClN2O. The molecular weight excluding hydrogens is 380 g/mol. The van der Waals surface area contributed by atoms with Crippen LogP contribution in [0, 0.1) is 0 Å². The van der Waals surface area contributed by atoms with Gasteiger partial charge < -0.3 is 10.1 Å². The summed E-state index contributed by atoms with van der Waals surface area (Å²) in [5.74, 6) is 0.940. The molecule has 1 N–H and O–H groups in total. The minimum absolute atomic E-state index is 0.512. The van der Waals surface area contributed by atoms with Gasteiger partial charge in [0.2, 0.25) is 0 Å². The molecule has 152 valence electrons. The summed E-state index contributed by atoms with van der Waals surface area (Å²) in [5.41, 5.74) is 2.31. The molecule has 0 bridgehead atoms. The lowest BCUT2D eigenvalue weighted by molar-refractivity contribution is 0.259. The summed E-state index contributed by atoms with van der Waals surface area (Å²) in [4.78, 5) is 2.58. The van der Waals surface area contributed by atoms with Crippen molar-refractivity contribution in [3.8, 4) is 5.75 Å². The molecule has 1 fully saturated rings. The second-order valence-corrected chi connectivity index (χ2v) is 8.17. The number of benzene rings is 3. The molecule has 3 nitrogen and oxygen atoms in total. The lowest BCUT2D eigenvalue weighted by atomic mass is 10.0. The van der Waals surface area contributed by atoms with Crippen LogP contribution in [0.15, 0.2) is 60.7 Å². The van der Waals surface area contributed by atoms with Crippen molar-refractivity contribution in [1.82, 2.24) is 10.2 Å². The predicted octanol–water partition coefficient (Wildman–Crippen LogP) is 5.65. The zero-order chi connectivity index (χ0) is 20.1. The van der Waals surface area contributed by atoms with Crippen LogP contribution in [-0.4, -0.2) is 30.6 Å². The Balaban J connectivity index is 1.51. The molecule has 0 aliphatic carbocycles. The monoisotopic (exact) mass is 408 g/mol. The van der Waals surface area contributed by atoms with Crippen LogP contribution < -0.4 is 10.1 Å². The Morgan fingerprint density at radius 3 is 2.86 bits per heavy atom. The predicted molar refractivity (Wildman–Crippen MR) is 122 cm³/mol. The van der Waals surface area contributed by atoms with Gasteiger partial charge in [-0.3, -0.25) is 4.90 Å². The highest BCUT2D eigenvalue weighted by molar-refractivity contribution is 6.30. The lowest BCUT2D eigenvalue weighted by Gasteiger charge is -2.23. The summed E-state index contributed by atoms with van der Waals surface area (Å²) in [6, 6.07) is 21.3. The molecule has 1 aliphatic heterocycles. The molecule has 1 aliphatic rings. The van der Waals surface area contributed by atoms with Crippen molar-refractivity contribution < 1.29 is 4.74 Å². The van der Waals surface area contributed by atoms with Crippen LogP contribution in [0.2, 0.25) is 5.02 Å². The van der Waals surface area contributed by atoms with E-state index in [9.17, 15) is 0 Å². The van der Waals surface area contributed by atoms with E-state index in [1.54, 1.807) is 0 Å². The van der Waals surface area contributed by atoms with Gasteiger partial charge in [-0.1, -0.05) is 61.0 Å². The Labute approximate surface area is 178 Å². The van der Waals surface area contributed by atoms with E-state index in [0.29, 0.717) is 12.6 Å². The van der Waals surface area contributed by atoms with Gasteiger partial charge in [0, 0.05) is 29.7 Å². The SMILES string of the molecule is CCN1CCC[C@@H]1CNCc1c(OCc2cccc(Cl)c2)ccc2ccccc12. The van der Waals surface area contributed by atoms with Crippen molar-refractivity contribution in [3.05, 3.63) is 76.8 Å². The highest BCUT2D eigenvalue weighted by Gasteiger charge is 2.22. The van der Waals surface area contributed by atoms with Gasteiger partial charge in [-0.05, 0) is 60.5 Å². The number of ether oxygens (including phenoxy) is 1. The van der Waals surface area contributed by atoms with Crippen LogP contribution >= 0.6 is 11.6 Å². The fourth-order valence-corrected chi connectivity index (χ4v) is 4.54. The third-order valence-electron chi connectivity index (χ3n) is 5.87. The first-order valence-electron chi connectivity index (χ1n) is 10.6. The summed E-state index contributed by atoms with van der Waals surface area (Å²) in [5, 5.41) is 6.94. The van der Waals surface area contributed by atoms with Crippen molar-refractivity contribution in [2.45, 2.75) is 39.0 Å². The summed E-state index contributed by atoms with van der Waals surface area (Å²) >= 11 is 6.12. The molecule has 0 radical (unpaired) electrons. The van der Waals surface area contributed by atoms with Crippen molar-refractivity contribution in [1.29, 1.82) is 0 Å². The Bertz CT molecular complexity index is 958. The van der Waals surface area contributed by atoms with Crippen molar-refractivity contribution in [3.63, 3.8) is 0 Å². The van der Waals surface area contributed by atoms with Crippen LogP contribution in [-0.2, 0) is 13.2 Å². The van der Waals surface area contributed by atoms with E-state index < -0.39 is 0 Å². The number of nitrogens with one attached hydrogen (secondary N) is 1. The van der Waals surface area contributed by atoms with Crippen LogP contribution in [0.3, 0.4) is 0 Å². The summed E-state index contributed by atoms with van der Waals surface area (Å²) in [7, 11) is 0. The van der Waals surface area contributed by atoms with Gasteiger partial charge in [-0.25, -0.2) is 0 Å². The van der Waals surface area contributed by atoms with Gasteiger partial charge in [0.05, 0.1) is 0 Å². The van der Waals surface area contributed by atoms with Crippen molar-refractivity contribution >= 4 is 22.4 Å². The Kier molecular flexibility index (Phi) is 6.70. The van der Waals surface area contributed by atoms with E-state index in [1.807, 2.05) is 24.3 Å². The smallest absolute Gasteiger partial charge is 0.124 e. The van der Waals surface area contributed by atoms with Gasteiger partial charge in [0.1, 0.15) is 12.4 Å². The molecule has 0 unspecified atom stereocenters. The highest BCUT2D eigenvalue weighted by atomic mass is 35.5. The first kappa shape index (κ1) is 20.2. The average Bonchev–Trinajstić information content (AvgIpc) is 3.20. The van der Waals surface area contributed by atoms with Crippen molar-refractivity contribution in [2.75, 3.05) is 19.6 Å². The number of halogens is 1. The molecule has 1 atom stereocenters. The van der Waals surface area contributed by atoms with Crippen LogP contribution in [0.5, 0.6) is 5.75 Å². The van der Waals surface area contributed by atoms with Gasteiger partial charge >= 0.3 is 0 Å². The van der Waals surface area contributed by atoms with Gasteiger partial charge in [0.15, 0.2) is 0 Å². The van der Waals surface area contributed by atoms with Gasteiger partial charge in [0.25, 0.3) is 0 Å². The van der Waals surface area contributed by atoms with Crippen LogP contribution in [0.1, 0.15) is 30.9 Å². The molecule has 0 aromatic heterocycles. The Hall–Kier alpha value is -2.07. The number of rotatable bonds is 8. The molecule has 1 saturated heterocycles. The minimum atomic E-state index is 0.512. The molecule has 4 rings (SSSR count). The van der Waals surface area contributed by atoms with E-state index >= 15 is 0 Å². The number of nitrogens with zero attached hydrogens (tertiary/aromatic N) is 1. The second-order valence-electron chi connectivity index (χ2n) is 7.74. The number of hydrogen-bond donors (Lipinski definition) is 1. The zero-order valence-corrected chi connectivity index (χ0v) is 17.8. The van der Waals surface area contributed by atoms with Crippen molar-refractivity contribution in [2.24, 2.45) is 0 Å². The first-order valence-corrected chi connectivity index (χ1v) is 10.9. The lowest BCUT2D eigenvalue weighted by Crippen LogP contribution is -2.37. The molecule has 3 aromatic carbocycles. The second kappa shape index (κ2) is 9.62.